The van der Waals surface area contributed by atoms with E-state index in [4.69, 9.17) is 9.47 Å². The lowest BCUT2D eigenvalue weighted by atomic mass is 9.83. The van der Waals surface area contributed by atoms with Crippen LogP contribution in [-0.2, 0) is 9.47 Å². The van der Waals surface area contributed by atoms with Crippen molar-refractivity contribution in [1.29, 1.82) is 0 Å². The Morgan fingerprint density at radius 1 is 0.944 bits per heavy atom. The molecule has 0 bridgehead atoms. The average molecular weight is 274 g/mol. The molecule has 1 rings (SSSR count). The Bertz CT molecular complexity index is 189. The monoisotopic (exact) mass is 274 g/mol. The van der Waals surface area contributed by atoms with Crippen LogP contribution in [-0.4, -0.2) is 32.2 Å². The van der Waals surface area contributed by atoms with Crippen LogP contribution in [0.25, 0.3) is 0 Å². The number of hydrogen-bond acceptors (Lipinski definition) is 3. The summed E-state index contributed by atoms with van der Waals surface area (Å²) in [7, 11) is 0. The van der Waals surface area contributed by atoms with E-state index >= 15 is 0 Å². The molecule has 0 unspecified atom stereocenters. The van der Waals surface area contributed by atoms with E-state index in [-0.39, 0.29) is 0 Å². The Kier molecular flexibility index (Phi) is 9.16. The van der Waals surface area contributed by atoms with E-state index in [1.165, 1.54) is 44.9 Å². The first-order chi connectivity index (χ1) is 8.83. The molecular weight excluding hydrogens is 244 g/mol. The van der Waals surface area contributed by atoms with Crippen LogP contribution >= 0.6 is 12.6 Å². The third kappa shape index (κ3) is 6.44. The van der Waals surface area contributed by atoms with Crippen molar-refractivity contribution in [1.82, 2.24) is 0 Å². The van der Waals surface area contributed by atoms with Gasteiger partial charge in [-0.1, -0.05) is 39.0 Å². The second-order valence-corrected chi connectivity index (χ2v) is 5.91. The zero-order valence-corrected chi connectivity index (χ0v) is 12.9. The molecule has 0 heterocycles. The molecule has 0 atom stereocenters. The van der Waals surface area contributed by atoms with Gasteiger partial charge in [0.1, 0.15) is 0 Å². The van der Waals surface area contributed by atoms with Crippen LogP contribution in [0.15, 0.2) is 0 Å². The molecule has 1 aliphatic carbocycles. The Labute approximate surface area is 118 Å². The summed E-state index contributed by atoms with van der Waals surface area (Å²) < 4.78 is 11.3. The summed E-state index contributed by atoms with van der Waals surface area (Å²) in [6, 6.07) is 0. The number of hydrogen-bond donors (Lipinski definition) is 1. The quantitative estimate of drug-likeness (QED) is 0.388. The van der Waals surface area contributed by atoms with Crippen LogP contribution in [0, 0.1) is 5.41 Å². The summed E-state index contributed by atoms with van der Waals surface area (Å²) in [5, 5.41) is 0. The van der Waals surface area contributed by atoms with Gasteiger partial charge < -0.3 is 9.47 Å². The highest BCUT2D eigenvalue weighted by atomic mass is 32.1. The first-order valence-corrected chi connectivity index (χ1v) is 8.22. The number of ether oxygens (including phenoxy) is 2. The van der Waals surface area contributed by atoms with Crippen LogP contribution in [0.4, 0.5) is 0 Å². The fourth-order valence-corrected chi connectivity index (χ4v) is 2.99. The maximum atomic E-state index is 5.83. The topological polar surface area (TPSA) is 18.5 Å². The van der Waals surface area contributed by atoms with Gasteiger partial charge in [-0.15, -0.1) is 0 Å². The third-order valence-electron chi connectivity index (χ3n) is 3.92. The van der Waals surface area contributed by atoms with Crippen molar-refractivity contribution in [3.05, 3.63) is 0 Å². The summed E-state index contributed by atoms with van der Waals surface area (Å²) >= 11 is 4.56. The maximum Gasteiger partial charge on any atom is 0.0700 e. The van der Waals surface area contributed by atoms with Gasteiger partial charge in [0.25, 0.3) is 0 Å². The van der Waals surface area contributed by atoms with Crippen molar-refractivity contribution >= 4 is 12.6 Å². The minimum atomic E-state index is 0.336. The van der Waals surface area contributed by atoms with E-state index in [1.54, 1.807) is 0 Å². The summed E-state index contributed by atoms with van der Waals surface area (Å²) in [6.45, 7) is 5.40. The lowest BCUT2D eigenvalue weighted by Crippen LogP contribution is -2.29. The second kappa shape index (κ2) is 10.1. The van der Waals surface area contributed by atoms with E-state index in [0.717, 1.165) is 38.6 Å². The summed E-state index contributed by atoms with van der Waals surface area (Å²) in [6.07, 6.45) is 10.4. The normalized spacial score (nSPS) is 19.7. The van der Waals surface area contributed by atoms with Crippen molar-refractivity contribution < 1.29 is 9.47 Å². The van der Waals surface area contributed by atoms with Crippen molar-refractivity contribution in [2.24, 2.45) is 5.41 Å². The van der Waals surface area contributed by atoms with Crippen LogP contribution in [0.3, 0.4) is 0 Å². The number of unbranched alkanes of at least 4 members (excludes halogenated alkanes) is 1. The van der Waals surface area contributed by atoms with Gasteiger partial charge >= 0.3 is 0 Å². The lowest BCUT2D eigenvalue weighted by molar-refractivity contribution is 0.00624. The molecule has 0 saturated heterocycles. The standard InChI is InChI=1S/C15H30O2S/c1-2-3-10-16-11-12-17-13-15(14-18)8-6-4-5-7-9-15/h18H,2-14H2,1H3. The van der Waals surface area contributed by atoms with E-state index in [0.29, 0.717) is 5.41 Å². The van der Waals surface area contributed by atoms with Gasteiger partial charge in [0.2, 0.25) is 0 Å². The largest absolute Gasteiger partial charge is 0.379 e. The van der Waals surface area contributed by atoms with Crippen molar-refractivity contribution in [2.45, 2.75) is 58.3 Å². The molecule has 0 aromatic heterocycles. The number of thiol groups is 1. The first kappa shape index (κ1) is 16.3. The van der Waals surface area contributed by atoms with E-state index in [2.05, 4.69) is 19.6 Å². The molecule has 0 aliphatic heterocycles. The molecule has 0 N–H and O–H groups in total. The summed E-state index contributed by atoms with van der Waals surface area (Å²) in [4.78, 5) is 0. The van der Waals surface area contributed by atoms with Crippen molar-refractivity contribution in [3.63, 3.8) is 0 Å². The second-order valence-electron chi connectivity index (χ2n) is 5.59. The first-order valence-electron chi connectivity index (χ1n) is 7.59. The van der Waals surface area contributed by atoms with Gasteiger partial charge in [-0.25, -0.2) is 0 Å². The molecular formula is C15H30O2S. The average Bonchev–Trinajstić information content (AvgIpc) is 2.64. The molecule has 108 valence electrons. The fraction of sp³-hybridized carbons (Fsp3) is 1.00. The van der Waals surface area contributed by atoms with Gasteiger partial charge in [0.05, 0.1) is 19.8 Å². The highest BCUT2D eigenvalue weighted by Crippen LogP contribution is 2.36. The Morgan fingerprint density at radius 2 is 1.61 bits per heavy atom. The predicted octanol–water partition coefficient (Wildman–Crippen LogP) is 4.09. The van der Waals surface area contributed by atoms with Crippen LogP contribution < -0.4 is 0 Å². The highest BCUT2D eigenvalue weighted by molar-refractivity contribution is 7.80. The Morgan fingerprint density at radius 3 is 2.22 bits per heavy atom. The SMILES string of the molecule is CCCCOCCOCC1(CS)CCCCCC1. The fourth-order valence-electron chi connectivity index (χ4n) is 2.58. The molecule has 1 fully saturated rings. The van der Waals surface area contributed by atoms with Gasteiger partial charge in [0, 0.05) is 12.0 Å². The van der Waals surface area contributed by atoms with E-state index < -0.39 is 0 Å². The van der Waals surface area contributed by atoms with Gasteiger partial charge in [-0.2, -0.15) is 12.6 Å². The van der Waals surface area contributed by atoms with E-state index in [1.807, 2.05) is 0 Å². The number of rotatable bonds is 9. The molecule has 1 aliphatic rings. The van der Waals surface area contributed by atoms with Crippen LogP contribution in [0.1, 0.15) is 58.3 Å². The molecule has 0 spiro atoms. The van der Waals surface area contributed by atoms with Gasteiger partial charge in [-0.3, -0.25) is 0 Å². The molecule has 3 heteroatoms. The van der Waals surface area contributed by atoms with E-state index in [9.17, 15) is 0 Å². The molecule has 2 nitrogen and oxygen atoms in total. The maximum absolute atomic E-state index is 5.83. The van der Waals surface area contributed by atoms with Crippen molar-refractivity contribution in [2.75, 3.05) is 32.2 Å². The third-order valence-corrected chi connectivity index (χ3v) is 4.59. The Balaban J connectivity index is 2.10. The minimum absolute atomic E-state index is 0.336. The van der Waals surface area contributed by atoms with Crippen LogP contribution in [0.5, 0.6) is 0 Å². The predicted molar refractivity (Wildman–Crippen MR) is 80.5 cm³/mol. The lowest BCUT2D eigenvalue weighted by Gasteiger charge is -2.30. The Hall–Kier alpha value is 0.270. The molecule has 0 aromatic carbocycles. The smallest absolute Gasteiger partial charge is 0.0700 e. The summed E-state index contributed by atoms with van der Waals surface area (Å²) in [5.74, 6) is 0.962. The zero-order valence-electron chi connectivity index (χ0n) is 12.0. The molecule has 0 amide bonds. The van der Waals surface area contributed by atoms with Crippen LogP contribution in [0.2, 0.25) is 0 Å². The zero-order chi connectivity index (χ0) is 13.1. The minimum Gasteiger partial charge on any atom is -0.379 e. The molecule has 0 aromatic rings. The molecule has 18 heavy (non-hydrogen) atoms. The summed E-state index contributed by atoms with van der Waals surface area (Å²) in [5.41, 5.74) is 0.336. The molecule has 0 radical (unpaired) electrons. The van der Waals surface area contributed by atoms with Gasteiger partial charge in [-0.05, 0) is 25.0 Å². The highest BCUT2D eigenvalue weighted by Gasteiger charge is 2.29. The molecule has 1 saturated carbocycles. The van der Waals surface area contributed by atoms with Crippen molar-refractivity contribution in [3.8, 4) is 0 Å². The van der Waals surface area contributed by atoms with Gasteiger partial charge in [0.15, 0.2) is 0 Å².